The van der Waals surface area contributed by atoms with Crippen LogP contribution in [0.4, 0.5) is 5.69 Å². The van der Waals surface area contributed by atoms with Crippen molar-refractivity contribution in [2.24, 2.45) is 16.6 Å². The average molecular weight is 325 g/mol. The SMILES string of the molecule is CCCC1=CN=C(C2Cc3ccccc3N2C(=O)C(N)C(C)C)C1. The van der Waals surface area contributed by atoms with Crippen molar-refractivity contribution in [3.63, 3.8) is 0 Å². The zero-order chi connectivity index (χ0) is 17.3. The van der Waals surface area contributed by atoms with Gasteiger partial charge in [0.1, 0.15) is 0 Å². The number of anilines is 1. The van der Waals surface area contributed by atoms with Crippen LogP contribution in [0.1, 0.15) is 45.6 Å². The predicted octanol–water partition coefficient (Wildman–Crippen LogP) is 3.46. The minimum atomic E-state index is -0.483. The summed E-state index contributed by atoms with van der Waals surface area (Å²) in [5.41, 5.74) is 10.9. The van der Waals surface area contributed by atoms with Gasteiger partial charge in [-0.15, -0.1) is 0 Å². The molecule has 2 N–H and O–H groups in total. The minimum absolute atomic E-state index is 0.00491. The Balaban J connectivity index is 1.88. The van der Waals surface area contributed by atoms with Crippen LogP contribution in [-0.2, 0) is 11.2 Å². The van der Waals surface area contributed by atoms with Crippen molar-refractivity contribution in [2.45, 2.75) is 58.5 Å². The van der Waals surface area contributed by atoms with Gasteiger partial charge in [0.15, 0.2) is 0 Å². The van der Waals surface area contributed by atoms with Gasteiger partial charge < -0.3 is 10.6 Å². The Bertz CT molecular complexity index is 690. The fourth-order valence-corrected chi connectivity index (χ4v) is 3.55. The van der Waals surface area contributed by atoms with Crippen LogP contribution in [0, 0.1) is 5.92 Å². The number of nitrogens with two attached hydrogens (primary N) is 1. The number of hydrogen-bond donors (Lipinski definition) is 1. The summed E-state index contributed by atoms with van der Waals surface area (Å²) in [5, 5.41) is 0. The third-order valence-corrected chi connectivity index (χ3v) is 4.99. The van der Waals surface area contributed by atoms with Gasteiger partial charge in [-0.3, -0.25) is 9.79 Å². The van der Waals surface area contributed by atoms with Crippen molar-refractivity contribution in [1.29, 1.82) is 0 Å². The van der Waals surface area contributed by atoms with Crippen molar-refractivity contribution in [3.8, 4) is 0 Å². The van der Waals surface area contributed by atoms with Crippen LogP contribution < -0.4 is 10.6 Å². The molecule has 0 spiro atoms. The molecule has 1 aromatic rings. The van der Waals surface area contributed by atoms with Crippen LogP contribution in [0.25, 0.3) is 0 Å². The standard InChI is InChI=1S/C20H27N3O/c1-4-7-14-10-16(22-12-14)18-11-15-8-5-6-9-17(15)23(18)20(24)19(21)13(2)3/h5-6,8-9,12-13,18-19H,4,7,10-11,21H2,1-3H3. The predicted molar refractivity (Wildman–Crippen MR) is 99.3 cm³/mol. The van der Waals surface area contributed by atoms with Gasteiger partial charge >= 0.3 is 0 Å². The van der Waals surface area contributed by atoms with E-state index < -0.39 is 6.04 Å². The normalized spacial score (nSPS) is 20.9. The lowest BCUT2D eigenvalue weighted by Crippen LogP contribution is -2.51. The van der Waals surface area contributed by atoms with Crippen molar-refractivity contribution in [3.05, 3.63) is 41.6 Å². The highest BCUT2D eigenvalue weighted by Crippen LogP contribution is 2.35. The van der Waals surface area contributed by atoms with Gasteiger partial charge in [0.25, 0.3) is 0 Å². The number of fused-ring (bicyclic) bond motifs is 1. The molecule has 0 fully saturated rings. The second-order valence-corrected chi connectivity index (χ2v) is 7.16. The monoisotopic (exact) mass is 325 g/mol. The molecule has 4 heteroatoms. The molecule has 0 aromatic heterocycles. The molecule has 1 aromatic carbocycles. The Kier molecular flexibility index (Phi) is 4.86. The van der Waals surface area contributed by atoms with Crippen LogP contribution in [0.15, 0.2) is 41.0 Å². The van der Waals surface area contributed by atoms with E-state index in [1.54, 1.807) is 0 Å². The van der Waals surface area contributed by atoms with E-state index in [-0.39, 0.29) is 17.9 Å². The lowest BCUT2D eigenvalue weighted by atomic mass is 9.98. The van der Waals surface area contributed by atoms with Crippen LogP contribution in [-0.4, -0.2) is 23.7 Å². The van der Waals surface area contributed by atoms with E-state index in [1.807, 2.05) is 43.1 Å². The number of rotatable bonds is 5. The number of amides is 1. The Labute approximate surface area is 144 Å². The molecule has 2 atom stereocenters. The fraction of sp³-hybridized carbons (Fsp3) is 0.500. The highest BCUT2D eigenvalue weighted by molar-refractivity contribution is 6.08. The van der Waals surface area contributed by atoms with E-state index in [4.69, 9.17) is 5.73 Å². The molecule has 2 heterocycles. The van der Waals surface area contributed by atoms with Crippen molar-refractivity contribution >= 4 is 17.3 Å². The number of aliphatic imine (C=N–C) groups is 1. The molecule has 4 nitrogen and oxygen atoms in total. The van der Waals surface area contributed by atoms with E-state index in [9.17, 15) is 4.79 Å². The smallest absolute Gasteiger partial charge is 0.244 e. The van der Waals surface area contributed by atoms with E-state index in [0.717, 1.165) is 37.1 Å². The molecule has 0 aliphatic carbocycles. The van der Waals surface area contributed by atoms with Crippen molar-refractivity contribution in [1.82, 2.24) is 0 Å². The number of para-hydroxylation sites is 1. The number of carbonyl (C=O) groups is 1. The zero-order valence-corrected chi connectivity index (χ0v) is 14.8. The molecule has 2 unspecified atom stereocenters. The molecule has 1 amide bonds. The van der Waals surface area contributed by atoms with Gasteiger partial charge in [0.2, 0.25) is 5.91 Å². The molecule has 24 heavy (non-hydrogen) atoms. The average Bonchev–Trinajstić information content (AvgIpc) is 3.17. The summed E-state index contributed by atoms with van der Waals surface area (Å²) in [6, 6.07) is 7.67. The second kappa shape index (κ2) is 6.89. The maximum absolute atomic E-state index is 13.1. The first-order valence-corrected chi connectivity index (χ1v) is 8.94. The highest BCUT2D eigenvalue weighted by atomic mass is 16.2. The molecule has 0 saturated carbocycles. The fourth-order valence-electron chi connectivity index (χ4n) is 3.55. The van der Waals surface area contributed by atoms with Gasteiger partial charge in [-0.1, -0.05) is 45.4 Å². The number of allylic oxidation sites excluding steroid dienone is 1. The lowest BCUT2D eigenvalue weighted by Gasteiger charge is -2.29. The number of hydrogen-bond acceptors (Lipinski definition) is 3. The van der Waals surface area contributed by atoms with Crippen molar-refractivity contribution < 1.29 is 4.79 Å². The molecule has 0 bridgehead atoms. The Morgan fingerprint density at radius 1 is 1.38 bits per heavy atom. The highest BCUT2D eigenvalue weighted by Gasteiger charge is 2.39. The van der Waals surface area contributed by atoms with Gasteiger partial charge in [-0.2, -0.15) is 0 Å². The summed E-state index contributed by atoms with van der Waals surface area (Å²) in [5.74, 6) is 0.122. The molecular weight excluding hydrogens is 298 g/mol. The lowest BCUT2D eigenvalue weighted by molar-refractivity contribution is -0.120. The van der Waals surface area contributed by atoms with Gasteiger partial charge in [-0.25, -0.2) is 0 Å². The van der Waals surface area contributed by atoms with E-state index in [2.05, 4.69) is 18.0 Å². The van der Waals surface area contributed by atoms with Crippen LogP contribution in [0.3, 0.4) is 0 Å². The van der Waals surface area contributed by atoms with Crippen LogP contribution in [0.2, 0.25) is 0 Å². The molecule has 0 radical (unpaired) electrons. The van der Waals surface area contributed by atoms with Gasteiger partial charge in [-0.05, 0) is 29.5 Å². The van der Waals surface area contributed by atoms with E-state index in [1.165, 1.54) is 11.1 Å². The Morgan fingerprint density at radius 2 is 2.12 bits per heavy atom. The van der Waals surface area contributed by atoms with Gasteiger partial charge in [0.05, 0.1) is 12.1 Å². The maximum atomic E-state index is 13.1. The summed E-state index contributed by atoms with van der Waals surface area (Å²) >= 11 is 0. The molecule has 0 saturated heterocycles. The summed E-state index contributed by atoms with van der Waals surface area (Å²) < 4.78 is 0. The van der Waals surface area contributed by atoms with Crippen LogP contribution >= 0.6 is 0 Å². The third kappa shape index (κ3) is 3.03. The van der Waals surface area contributed by atoms with E-state index >= 15 is 0 Å². The summed E-state index contributed by atoms with van der Waals surface area (Å²) in [6.45, 7) is 6.17. The first-order chi connectivity index (χ1) is 11.5. The Morgan fingerprint density at radius 3 is 2.83 bits per heavy atom. The maximum Gasteiger partial charge on any atom is 0.244 e. The van der Waals surface area contributed by atoms with Crippen molar-refractivity contribution in [2.75, 3.05) is 4.90 Å². The summed E-state index contributed by atoms with van der Waals surface area (Å²) in [7, 11) is 0. The number of carbonyl (C=O) groups excluding carboxylic acids is 1. The summed E-state index contributed by atoms with van der Waals surface area (Å²) in [6.07, 6.45) is 5.91. The second-order valence-electron chi connectivity index (χ2n) is 7.16. The van der Waals surface area contributed by atoms with E-state index in [0.29, 0.717) is 0 Å². The van der Waals surface area contributed by atoms with Gasteiger partial charge in [0, 0.05) is 30.4 Å². The molecular formula is C20H27N3O. The largest absolute Gasteiger partial charge is 0.320 e. The minimum Gasteiger partial charge on any atom is -0.320 e. The molecule has 2 aliphatic rings. The Hall–Kier alpha value is -1.94. The first-order valence-electron chi connectivity index (χ1n) is 8.94. The van der Waals surface area contributed by atoms with Crippen LogP contribution in [0.5, 0.6) is 0 Å². The molecule has 128 valence electrons. The number of nitrogens with zero attached hydrogens (tertiary/aromatic N) is 2. The molecule has 2 aliphatic heterocycles. The topological polar surface area (TPSA) is 58.7 Å². The molecule has 3 rings (SSSR count). The zero-order valence-electron chi connectivity index (χ0n) is 14.8. The first kappa shape index (κ1) is 16.9. The third-order valence-electron chi connectivity index (χ3n) is 4.99. The summed E-state index contributed by atoms with van der Waals surface area (Å²) in [4.78, 5) is 19.6. The number of benzene rings is 1. The quantitative estimate of drug-likeness (QED) is 0.901.